The Balaban J connectivity index is 1.69. The molecule has 0 N–H and O–H groups in total. The third-order valence-corrected chi connectivity index (χ3v) is 7.83. The van der Waals surface area contributed by atoms with E-state index in [4.69, 9.17) is 4.74 Å². The first-order valence-corrected chi connectivity index (χ1v) is 15.9. The van der Waals surface area contributed by atoms with Gasteiger partial charge in [-0.25, -0.2) is 0 Å². The molecular formula is C31H56O2S. The predicted octanol–water partition coefficient (Wildman–Crippen LogP) is 10.8. The van der Waals surface area contributed by atoms with E-state index in [1.54, 1.807) is 0 Å². The van der Waals surface area contributed by atoms with Crippen LogP contribution in [0, 0.1) is 0 Å². The fourth-order valence-corrected chi connectivity index (χ4v) is 5.39. The molecule has 198 valence electrons. The van der Waals surface area contributed by atoms with Crippen molar-refractivity contribution >= 4 is 17.3 Å². The van der Waals surface area contributed by atoms with Gasteiger partial charge in [-0.1, -0.05) is 135 Å². The molecule has 2 nitrogen and oxygen atoms in total. The number of esters is 1. The topological polar surface area (TPSA) is 26.3 Å². The molecule has 1 aromatic heterocycles. The van der Waals surface area contributed by atoms with E-state index in [2.05, 4.69) is 24.4 Å². The van der Waals surface area contributed by atoms with Gasteiger partial charge < -0.3 is 4.74 Å². The molecule has 3 heteroatoms. The van der Waals surface area contributed by atoms with E-state index in [0.717, 1.165) is 12.8 Å². The summed E-state index contributed by atoms with van der Waals surface area (Å²) in [5.74, 6) is 0.0196. The number of aryl methyl sites for hydroxylation is 1. The molecule has 0 aromatic carbocycles. The number of thiophene rings is 1. The second-order valence-corrected chi connectivity index (χ2v) is 11.3. The third-order valence-electron chi connectivity index (χ3n) is 6.90. The summed E-state index contributed by atoms with van der Waals surface area (Å²) in [7, 11) is 0. The molecular weight excluding hydrogens is 436 g/mol. The van der Waals surface area contributed by atoms with Crippen molar-refractivity contribution in [3.8, 4) is 0 Å². The molecule has 0 fully saturated rings. The van der Waals surface area contributed by atoms with E-state index < -0.39 is 0 Å². The average Bonchev–Trinajstić information content (AvgIpc) is 3.36. The zero-order valence-electron chi connectivity index (χ0n) is 22.6. The maximum atomic E-state index is 11.9. The quantitative estimate of drug-likeness (QED) is 0.0949. The normalized spacial score (nSPS) is 11.2. The minimum absolute atomic E-state index is 0.0196. The van der Waals surface area contributed by atoms with Crippen molar-refractivity contribution in [2.45, 2.75) is 161 Å². The molecule has 0 bridgehead atoms. The summed E-state index contributed by atoms with van der Waals surface area (Å²) in [5, 5.41) is 2.18. The number of ether oxygens (including phenoxy) is 1. The molecule has 0 amide bonds. The second kappa shape index (κ2) is 25.3. The van der Waals surface area contributed by atoms with Gasteiger partial charge in [0.25, 0.3) is 0 Å². The van der Waals surface area contributed by atoms with E-state index in [1.807, 2.05) is 11.3 Å². The summed E-state index contributed by atoms with van der Waals surface area (Å²) < 4.78 is 5.41. The maximum Gasteiger partial charge on any atom is 0.305 e. The first kappa shape index (κ1) is 31.2. The molecule has 0 aliphatic heterocycles. The molecule has 1 heterocycles. The molecule has 0 unspecified atom stereocenters. The summed E-state index contributed by atoms with van der Waals surface area (Å²) in [4.78, 5) is 13.4. The lowest BCUT2D eigenvalue weighted by Crippen LogP contribution is -2.05. The first-order chi connectivity index (χ1) is 16.8. The molecule has 0 aliphatic rings. The lowest BCUT2D eigenvalue weighted by atomic mass is 10.0. The Labute approximate surface area is 216 Å². The lowest BCUT2D eigenvalue weighted by Gasteiger charge is -2.06. The van der Waals surface area contributed by atoms with Crippen LogP contribution in [0.3, 0.4) is 0 Å². The van der Waals surface area contributed by atoms with E-state index in [1.165, 1.54) is 140 Å². The van der Waals surface area contributed by atoms with Crippen molar-refractivity contribution < 1.29 is 9.53 Å². The SMILES string of the molecule is CCCCCCCCCCCCCOC(=O)CCCCCCCCCCCCCc1cccs1. The highest BCUT2D eigenvalue weighted by Crippen LogP contribution is 2.16. The number of carbonyl (C=O) groups excluding carboxylic acids is 1. The third kappa shape index (κ3) is 21.7. The molecule has 34 heavy (non-hydrogen) atoms. The molecule has 0 spiro atoms. The molecule has 1 aromatic rings. The van der Waals surface area contributed by atoms with Gasteiger partial charge in [0.2, 0.25) is 0 Å². The van der Waals surface area contributed by atoms with Crippen LogP contribution in [-0.4, -0.2) is 12.6 Å². The largest absolute Gasteiger partial charge is 0.466 e. The van der Waals surface area contributed by atoms with Gasteiger partial charge in [0.05, 0.1) is 6.61 Å². The van der Waals surface area contributed by atoms with E-state index in [0.29, 0.717) is 13.0 Å². The van der Waals surface area contributed by atoms with Gasteiger partial charge in [-0.3, -0.25) is 4.79 Å². The van der Waals surface area contributed by atoms with Crippen molar-refractivity contribution in [2.75, 3.05) is 6.61 Å². The fraction of sp³-hybridized carbons (Fsp3) is 0.839. The minimum Gasteiger partial charge on any atom is -0.466 e. The summed E-state index contributed by atoms with van der Waals surface area (Å²) in [6, 6.07) is 4.42. The lowest BCUT2D eigenvalue weighted by molar-refractivity contribution is -0.143. The highest BCUT2D eigenvalue weighted by molar-refractivity contribution is 7.09. The highest BCUT2D eigenvalue weighted by atomic mass is 32.1. The zero-order chi connectivity index (χ0) is 24.4. The van der Waals surface area contributed by atoms with Gasteiger partial charge in [0, 0.05) is 11.3 Å². The van der Waals surface area contributed by atoms with Gasteiger partial charge in [0.15, 0.2) is 0 Å². The molecule has 0 atom stereocenters. The Kier molecular flexibility index (Phi) is 23.2. The Bertz CT molecular complexity index is 526. The van der Waals surface area contributed by atoms with Gasteiger partial charge in [-0.05, 0) is 37.1 Å². The van der Waals surface area contributed by atoms with Crippen molar-refractivity contribution in [2.24, 2.45) is 0 Å². The number of hydrogen-bond donors (Lipinski definition) is 0. The fourth-order valence-electron chi connectivity index (χ4n) is 4.64. The van der Waals surface area contributed by atoms with Crippen molar-refractivity contribution in [1.29, 1.82) is 0 Å². The molecule has 0 radical (unpaired) electrons. The monoisotopic (exact) mass is 492 g/mol. The second-order valence-electron chi connectivity index (χ2n) is 10.2. The molecule has 1 rings (SSSR count). The smallest absolute Gasteiger partial charge is 0.305 e. The first-order valence-electron chi connectivity index (χ1n) is 15.0. The summed E-state index contributed by atoms with van der Waals surface area (Å²) >= 11 is 1.89. The van der Waals surface area contributed by atoms with Crippen LogP contribution in [0.5, 0.6) is 0 Å². The molecule has 0 saturated carbocycles. The maximum absolute atomic E-state index is 11.9. The molecule has 0 aliphatic carbocycles. The van der Waals surface area contributed by atoms with Crippen LogP contribution >= 0.6 is 11.3 Å². The Hall–Kier alpha value is -0.830. The Morgan fingerprint density at radius 2 is 1.12 bits per heavy atom. The van der Waals surface area contributed by atoms with Crippen LogP contribution in [0.25, 0.3) is 0 Å². The van der Waals surface area contributed by atoms with E-state index in [9.17, 15) is 4.79 Å². The van der Waals surface area contributed by atoms with E-state index in [-0.39, 0.29) is 5.97 Å². The van der Waals surface area contributed by atoms with Crippen molar-refractivity contribution in [3.63, 3.8) is 0 Å². The van der Waals surface area contributed by atoms with Crippen LogP contribution in [0.15, 0.2) is 17.5 Å². The van der Waals surface area contributed by atoms with Gasteiger partial charge in [0.1, 0.15) is 0 Å². The summed E-state index contributed by atoms with van der Waals surface area (Å²) in [6.07, 6.45) is 31.0. The van der Waals surface area contributed by atoms with Crippen LogP contribution in [-0.2, 0) is 16.0 Å². The van der Waals surface area contributed by atoms with Crippen molar-refractivity contribution in [3.05, 3.63) is 22.4 Å². The zero-order valence-corrected chi connectivity index (χ0v) is 23.5. The standard InChI is InChI=1S/C31H56O2S/c1-2-3-4-5-6-7-11-14-17-20-23-28-33-31(32)27-22-19-16-13-10-8-9-12-15-18-21-25-30-26-24-29-34-30/h24,26,29H,2-23,25,27-28H2,1H3. The highest BCUT2D eigenvalue weighted by Gasteiger charge is 2.03. The van der Waals surface area contributed by atoms with Crippen LogP contribution in [0.4, 0.5) is 0 Å². The Morgan fingerprint density at radius 1 is 0.647 bits per heavy atom. The van der Waals surface area contributed by atoms with E-state index >= 15 is 0 Å². The Morgan fingerprint density at radius 3 is 1.62 bits per heavy atom. The van der Waals surface area contributed by atoms with Gasteiger partial charge >= 0.3 is 5.97 Å². The average molecular weight is 493 g/mol. The minimum atomic E-state index is 0.0196. The number of carbonyl (C=O) groups is 1. The molecule has 0 saturated heterocycles. The number of rotatable bonds is 26. The predicted molar refractivity (Wildman–Crippen MR) is 151 cm³/mol. The van der Waals surface area contributed by atoms with Gasteiger partial charge in [-0.15, -0.1) is 11.3 Å². The van der Waals surface area contributed by atoms with Crippen molar-refractivity contribution in [1.82, 2.24) is 0 Å². The summed E-state index contributed by atoms with van der Waals surface area (Å²) in [6.45, 7) is 2.90. The van der Waals surface area contributed by atoms with Crippen LogP contribution < -0.4 is 0 Å². The van der Waals surface area contributed by atoms with Gasteiger partial charge in [-0.2, -0.15) is 0 Å². The number of unbranched alkanes of at least 4 members (excludes halogenated alkanes) is 20. The number of hydrogen-bond acceptors (Lipinski definition) is 3. The van der Waals surface area contributed by atoms with Crippen LogP contribution in [0.2, 0.25) is 0 Å². The summed E-state index contributed by atoms with van der Waals surface area (Å²) in [5.41, 5.74) is 0. The van der Waals surface area contributed by atoms with Crippen LogP contribution in [0.1, 0.15) is 159 Å².